The molecular formula is C14H11BrClN3. The lowest BCUT2D eigenvalue weighted by molar-refractivity contribution is 1.17. The standard InChI is InChI=1S/C14H11BrClN3/c1-8-3-2-6-19-13(17)12(18-14(8)19)10-5-4-9(16)7-11(10)15/h2-7H,17H2,1H3. The number of hydrogen-bond donors (Lipinski definition) is 1. The highest BCUT2D eigenvalue weighted by Crippen LogP contribution is 2.34. The van der Waals surface area contributed by atoms with Gasteiger partial charge in [0.15, 0.2) is 0 Å². The molecule has 3 aromatic rings. The fourth-order valence-corrected chi connectivity index (χ4v) is 2.97. The summed E-state index contributed by atoms with van der Waals surface area (Å²) in [6.45, 7) is 2.02. The van der Waals surface area contributed by atoms with E-state index < -0.39 is 0 Å². The number of pyridine rings is 1. The number of rotatable bonds is 1. The van der Waals surface area contributed by atoms with Crippen molar-refractivity contribution >= 4 is 39.0 Å². The Morgan fingerprint density at radius 3 is 2.79 bits per heavy atom. The summed E-state index contributed by atoms with van der Waals surface area (Å²) < 4.78 is 2.78. The van der Waals surface area contributed by atoms with Crippen LogP contribution in [0.3, 0.4) is 0 Å². The molecule has 0 aliphatic rings. The maximum absolute atomic E-state index is 6.19. The van der Waals surface area contributed by atoms with E-state index >= 15 is 0 Å². The second kappa shape index (κ2) is 4.54. The Labute approximate surface area is 124 Å². The van der Waals surface area contributed by atoms with E-state index in [1.807, 2.05) is 47.9 Å². The third-order valence-corrected chi connectivity index (χ3v) is 3.96. The zero-order valence-electron chi connectivity index (χ0n) is 10.2. The smallest absolute Gasteiger partial charge is 0.142 e. The molecule has 0 unspecified atom stereocenters. The van der Waals surface area contributed by atoms with Crippen molar-refractivity contribution in [2.75, 3.05) is 5.73 Å². The predicted molar refractivity (Wildman–Crippen MR) is 82.5 cm³/mol. The van der Waals surface area contributed by atoms with Crippen LogP contribution in [-0.2, 0) is 0 Å². The Kier molecular flexibility index (Phi) is 2.99. The molecule has 0 aliphatic carbocycles. The molecule has 0 radical (unpaired) electrons. The first-order valence-corrected chi connectivity index (χ1v) is 6.93. The van der Waals surface area contributed by atoms with Gasteiger partial charge in [-0.15, -0.1) is 0 Å². The molecule has 2 heterocycles. The SMILES string of the molecule is Cc1cccn2c(N)c(-c3ccc(Cl)cc3Br)nc12. The quantitative estimate of drug-likeness (QED) is 0.719. The topological polar surface area (TPSA) is 43.3 Å². The summed E-state index contributed by atoms with van der Waals surface area (Å²) in [4.78, 5) is 4.64. The first-order valence-electron chi connectivity index (χ1n) is 5.76. The van der Waals surface area contributed by atoms with Gasteiger partial charge in [0.25, 0.3) is 0 Å². The summed E-state index contributed by atoms with van der Waals surface area (Å²) in [6.07, 6.45) is 1.91. The van der Waals surface area contributed by atoms with Crippen molar-refractivity contribution in [3.63, 3.8) is 0 Å². The minimum Gasteiger partial charge on any atom is -0.383 e. The van der Waals surface area contributed by atoms with Crippen LogP contribution in [0.4, 0.5) is 5.82 Å². The van der Waals surface area contributed by atoms with Gasteiger partial charge in [-0.3, -0.25) is 4.40 Å². The molecule has 0 spiro atoms. The number of benzene rings is 1. The largest absolute Gasteiger partial charge is 0.383 e. The van der Waals surface area contributed by atoms with Crippen molar-refractivity contribution in [3.05, 3.63) is 51.6 Å². The molecule has 0 saturated carbocycles. The van der Waals surface area contributed by atoms with Crippen molar-refractivity contribution < 1.29 is 0 Å². The van der Waals surface area contributed by atoms with Gasteiger partial charge in [-0.25, -0.2) is 4.98 Å². The van der Waals surface area contributed by atoms with E-state index in [-0.39, 0.29) is 0 Å². The van der Waals surface area contributed by atoms with E-state index in [4.69, 9.17) is 17.3 Å². The average Bonchev–Trinajstić information content (AvgIpc) is 2.69. The normalized spacial score (nSPS) is 11.1. The lowest BCUT2D eigenvalue weighted by Gasteiger charge is -2.03. The number of nitrogens with two attached hydrogens (primary N) is 1. The minimum atomic E-state index is 0.627. The Balaban J connectivity index is 2.31. The Morgan fingerprint density at radius 1 is 1.32 bits per heavy atom. The van der Waals surface area contributed by atoms with Gasteiger partial charge in [-0.05, 0) is 30.7 Å². The van der Waals surface area contributed by atoms with E-state index in [1.165, 1.54) is 0 Å². The van der Waals surface area contributed by atoms with E-state index in [9.17, 15) is 0 Å². The summed E-state index contributed by atoms with van der Waals surface area (Å²) in [5.74, 6) is 0.627. The van der Waals surface area contributed by atoms with Gasteiger partial charge in [-0.2, -0.15) is 0 Å². The number of fused-ring (bicyclic) bond motifs is 1. The first-order chi connectivity index (χ1) is 9.08. The van der Waals surface area contributed by atoms with Gasteiger partial charge in [0.2, 0.25) is 0 Å². The maximum Gasteiger partial charge on any atom is 0.142 e. The molecule has 0 saturated heterocycles. The molecule has 0 amide bonds. The van der Waals surface area contributed by atoms with Crippen LogP contribution in [0.1, 0.15) is 5.56 Å². The zero-order chi connectivity index (χ0) is 13.6. The molecule has 0 aliphatic heterocycles. The summed E-state index contributed by atoms with van der Waals surface area (Å²) >= 11 is 9.47. The number of nitrogens with zero attached hydrogens (tertiary/aromatic N) is 2. The number of halogens is 2. The van der Waals surface area contributed by atoms with Crippen LogP contribution in [0.2, 0.25) is 5.02 Å². The average molecular weight is 337 g/mol. The maximum atomic E-state index is 6.19. The molecule has 19 heavy (non-hydrogen) atoms. The predicted octanol–water partition coefficient (Wildman–Crippen LogP) is 4.31. The van der Waals surface area contributed by atoms with Gasteiger partial charge in [0.1, 0.15) is 17.2 Å². The second-order valence-electron chi connectivity index (χ2n) is 4.35. The van der Waals surface area contributed by atoms with Crippen molar-refractivity contribution in [2.24, 2.45) is 0 Å². The van der Waals surface area contributed by atoms with E-state index in [2.05, 4.69) is 20.9 Å². The van der Waals surface area contributed by atoms with Crippen molar-refractivity contribution in [1.29, 1.82) is 0 Å². The fourth-order valence-electron chi connectivity index (χ4n) is 2.10. The van der Waals surface area contributed by atoms with Gasteiger partial charge in [0, 0.05) is 21.3 Å². The van der Waals surface area contributed by atoms with Crippen LogP contribution in [0.25, 0.3) is 16.9 Å². The molecule has 0 fully saturated rings. The van der Waals surface area contributed by atoms with Crippen molar-refractivity contribution in [3.8, 4) is 11.3 Å². The summed E-state index contributed by atoms with van der Waals surface area (Å²) in [6, 6.07) is 9.56. The van der Waals surface area contributed by atoms with Crippen molar-refractivity contribution in [1.82, 2.24) is 9.38 Å². The van der Waals surface area contributed by atoms with Crippen LogP contribution in [0, 0.1) is 6.92 Å². The third-order valence-electron chi connectivity index (χ3n) is 3.07. The number of aromatic nitrogens is 2. The molecule has 0 bridgehead atoms. The van der Waals surface area contributed by atoms with E-state index in [1.54, 1.807) is 0 Å². The zero-order valence-corrected chi connectivity index (χ0v) is 12.5. The lowest BCUT2D eigenvalue weighted by Crippen LogP contribution is -1.94. The van der Waals surface area contributed by atoms with Gasteiger partial charge in [0.05, 0.1) is 0 Å². The third kappa shape index (κ3) is 2.01. The van der Waals surface area contributed by atoms with Gasteiger partial charge >= 0.3 is 0 Å². The number of nitrogen functional groups attached to an aromatic ring is 1. The van der Waals surface area contributed by atoms with Crippen LogP contribution in [0.15, 0.2) is 41.0 Å². The molecule has 0 atom stereocenters. The first kappa shape index (κ1) is 12.5. The molecule has 2 aromatic heterocycles. The molecule has 1 aromatic carbocycles. The molecule has 5 heteroatoms. The van der Waals surface area contributed by atoms with Crippen LogP contribution < -0.4 is 5.73 Å². The fraction of sp³-hybridized carbons (Fsp3) is 0.0714. The van der Waals surface area contributed by atoms with Crippen LogP contribution in [0.5, 0.6) is 0 Å². The van der Waals surface area contributed by atoms with E-state index in [0.29, 0.717) is 10.8 Å². The Morgan fingerprint density at radius 2 is 2.11 bits per heavy atom. The lowest BCUT2D eigenvalue weighted by atomic mass is 10.1. The molecular weight excluding hydrogens is 326 g/mol. The minimum absolute atomic E-state index is 0.627. The van der Waals surface area contributed by atoms with Gasteiger partial charge < -0.3 is 5.73 Å². The van der Waals surface area contributed by atoms with Crippen molar-refractivity contribution in [2.45, 2.75) is 6.92 Å². The van der Waals surface area contributed by atoms with Crippen LogP contribution in [-0.4, -0.2) is 9.38 Å². The monoisotopic (exact) mass is 335 g/mol. The number of aryl methyl sites for hydroxylation is 1. The molecule has 3 rings (SSSR count). The highest BCUT2D eigenvalue weighted by atomic mass is 79.9. The highest BCUT2D eigenvalue weighted by Gasteiger charge is 2.14. The summed E-state index contributed by atoms with van der Waals surface area (Å²) in [5, 5.41) is 0.675. The summed E-state index contributed by atoms with van der Waals surface area (Å²) in [7, 11) is 0. The van der Waals surface area contributed by atoms with E-state index in [0.717, 1.165) is 26.9 Å². The molecule has 96 valence electrons. The molecule has 3 nitrogen and oxygen atoms in total. The Bertz CT molecular complexity index is 780. The number of anilines is 1. The highest BCUT2D eigenvalue weighted by molar-refractivity contribution is 9.10. The second-order valence-corrected chi connectivity index (χ2v) is 5.65. The Hall–Kier alpha value is -1.52. The number of imidazole rings is 1. The summed E-state index contributed by atoms with van der Waals surface area (Å²) in [5.41, 5.74) is 9.85. The number of hydrogen-bond acceptors (Lipinski definition) is 2. The van der Waals surface area contributed by atoms with Gasteiger partial charge in [-0.1, -0.05) is 39.7 Å². The van der Waals surface area contributed by atoms with Crippen LogP contribution >= 0.6 is 27.5 Å². The molecule has 2 N–H and O–H groups in total.